The van der Waals surface area contributed by atoms with E-state index in [-0.39, 0.29) is 165 Å². The number of hydrogen-bond donors (Lipinski definition) is 10. The number of nitrogens with two attached hydrogens (primary N) is 2. The first-order valence-corrected chi connectivity index (χ1v) is 25.8. The summed E-state index contributed by atoms with van der Waals surface area (Å²) in [4.78, 5) is 47.1. The Morgan fingerprint density at radius 3 is 1.08 bits per heavy atom. The van der Waals surface area contributed by atoms with Crippen molar-refractivity contribution in [1.29, 1.82) is 0 Å². The number of phenolic OH excluding ortho intramolecular Hbond substituents is 2. The fraction of sp³-hybridized carbons (Fsp3) is 0.435. The van der Waals surface area contributed by atoms with E-state index in [0.717, 1.165) is 85.7 Å². The maximum Gasteiger partial charge on any atom is 1.00 e. The Kier molecular flexibility index (Phi) is 49.3. The van der Waals surface area contributed by atoms with E-state index < -0.39 is 17.3 Å². The molecule has 19 nitrogen and oxygen atoms in total. The first-order valence-electron chi connectivity index (χ1n) is 25.8. The molecule has 0 saturated carbocycles. The summed E-state index contributed by atoms with van der Waals surface area (Å²) in [5.74, 6) is 2.31. The van der Waals surface area contributed by atoms with E-state index in [4.69, 9.17) is 40.5 Å². The molecule has 2 amide bonds. The van der Waals surface area contributed by atoms with Gasteiger partial charge < -0.3 is 82.8 Å². The molecule has 4 aromatic carbocycles. The fourth-order valence-corrected chi connectivity index (χ4v) is 7.53. The van der Waals surface area contributed by atoms with Crippen molar-refractivity contribution in [2.45, 2.75) is 142 Å². The number of aromatic nitrogens is 4. The van der Waals surface area contributed by atoms with Crippen LogP contribution in [0.4, 0.5) is 9.59 Å². The molecule has 8 aromatic rings. The molecule has 0 radical (unpaired) electrons. The Morgan fingerprint density at radius 1 is 0.548 bits per heavy atom. The Labute approximate surface area is 592 Å². The molecule has 8 rings (SSSR count). The zero-order chi connectivity index (χ0) is 57.0. The van der Waals surface area contributed by atoms with Crippen molar-refractivity contribution in [3.63, 3.8) is 0 Å². The van der Waals surface area contributed by atoms with E-state index in [0.29, 0.717) is 51.6 Å². The molecule has 4 heterocycles. The summed E-state index contributed by atoms with van der Waals surface area (Å²) in [6, 6.07) is 22.6. The van der Waals surface area contributed by atoms with Crippen LogP contribution in [-0.4, -0.2) is 99.4 Å². The molecule has 84 heavy (non-hydrogen) atoms. The molecule has 0 aliphatic carbocycles. The van der Waals surface area contributed by atoms with Crippen molar-refractivity contribution < 1.29 is 158 Å². The Hall–Kier alpha value is -4.31. The number of H-pyrrole nitrogens is 4. The van der Waals surface area contributed by atoms with Gasteiger partial charge in [0.05, 0.1) is 13.2 Å². The van der Waals surface area contributed by atoms with Crippen LogP contribution in [0.15, 0.2) is 97.6 Å². The number of benzene rings is 4. The van der Waals surface area contributed by atoms with Crippen LogP contribution in [0, 0.1) is 0 Å². The van der Waals surface area contributed by atoms with Crippen LogP contribution < -0.4 is 140 Å². The fourth-order valence-electron chi connectivity index (χ4n) is 7.53. The van der Waals surface area contributed by atoms with Crippen LogP contribution >= 0.6 is 12.4 Å². The zero-order valence-electron chi connectivity index (χ0n) is 49.7. The van der Waals surface area contributed by atoms with Gasteiger partial charge >= 0.3 is 115 Å². The predicted molar refractivity (Wildman–Crippen MR) is 339 cm³/mol. The number of amides is 2. The minimum atomic E-state index is -0.489. The number of phenols is 2. The van der Waals surface area contributed by atoms with Crippen LogP contribution in [0.25, 0.3) is 43.6 Å². The molecule has 12 N–H and O–H groups in total. The first kappa shape index (κ1) is 88.5. The number of ether oxygens (including phenoxy) is 4. The standard InChI is InChI=1S/C17H24N2O3.C15H20N2O3.C12H16N2O.C10H12N2O.C3H8.CH2O3.4CH4.ClH.2K.H/c1-5-21-13-6-7-15-14(10-13)12(11-19-15)8-9-18-16(20)22-17(2,3)4;1-15(2,3)20-14(19)16-7-6-10-9-17-13-5-4-11(18)8-12(10)13;1-2-15-10-3-4-12-11(7-10)9(5-6-13)8-14-12;11-4-3-7-6-12-10-2-1-8(13)5-9(7)10;1-3-2;2-1-4-3;;;;;;;;/h6-7,10-11,19H,5,8-9H2,1-4H3,(H,18,20);4-5,8-9,17-18H,6-7H2,1-3H3,(H,16,19);3-4,7-8,14H,2,5-6,13H2,1H3;1-2,5-6,12-13H,3-4,11H2;3H2,1-2H3;1,3H;4*1H4;1H;;;/q;;;;;;;;;;;2*+1;-1/p-1. The first-order chi connectivity index (χ1) is 36.7. The zero-order valence-corrected chi connectivity index (χ0v) is 55.8. The number of halogens is 1. The van der Waals surface area contributed by atoms with Crippen molar-refractivity contribution in [1.82, 2.24) is 30.6 Å². The van der Waals surface area contributed by atoms with Gasteiger partial charge in [-0.2, -0.15) is 0 Å². The maximum atomic E-state index is 11.6. The second kappa shape index (κ2) is 46.8. The van der Waals surface area contributed by atoms with Gasteiger partial charge in [0.15, 0.2) is 0 Å². The summed E-state index contributed by atoms with van der Waals surface area (Å²) in [6.45, 7) is 22.7. The number of carbonyl (C=O) groups is 3. The number of carbonyl (C=O) groups excluding carboxylic acids is 3. The van der Waals surface area contributed by atoms with Gasteiger partial charge in [-0.3, -0.25) is 4.79 Å². The van der Waals surface area contributed by atoms with E-state index in [2.05, 4.69) is 55.4 Å². The quantitative estimate of drug-likeness (QED) is 0.0215. The van der Waals surface area contributed by atoms with Gasteiger partial charge in [-0.25, -0.2) is 9.59 Å². The topological polar surface area (TPSA) is 300 Å². The SMILES string of the molecule is C.C.C.C.CC(C)(C)OC(=O)NCCc1c[nH]c2ccc(O)cc12.CCC.CCOc1ccc2[nH]cc(CCN)c2c1.CCOc1ccc2[nH]cc(CCNC(=O)OC(C)(C)C)c2c1.Cl.NCCc1c[nH]c2ccc(O)cc12.O=CO[O-].[H-].[K+].[K+]. The van der Waals surface area contributed by atoms with Crippen LogP contribution in [0.2, 0.25) is 0 Å². The van der Waals surface area contributed by atoms with Crippen molar-refractivity contribution in [3.8, 4) is 23.0 Å². The average Bonchev–Trinajstić information content (AvgIpc) is 4.38. The van der Waals surface area contributed by atoms with Crippen LogP contribution in [0.3, 0.4) is 0 Å². The van der Waals surface area contributed by atoms with Crippen LogP contribution in [0.1, 0.15) is 129 Å². The van der Waals surface area contributed by atoms with Gasteiger partial charge in [0.2, 0.25) is 0 Å². The van der Waals surface area contributed by atoms with Gasteiger partial charge in [-0.15, -0.1) is 12.4 Å². The van der Waals surface area contributed by atoms with Gasteiger partial charge in [0, 0.05) is 81.5 Å². The number of aromatic amines is 4. The van der Waals surface area contributed by atoms with E-state index in [1.54, 1.807) is 24.3 Å². The molecule has 4 aromatic heterocycles. The third-order valence-electron chi connectivity index (χ3n) is 10.6. The number of alkyl carbamates (subject to hydrolysis) is 2. The summed E-state index contributed by atoms with van der Waals surface area (Å²) in [5.41, 5.74) is 18.9. The summed E-state index contributed by atoms with van der Waals surface area (Å²) in [5, 5.41) is 37.1. The maximum absolute atomic E-state index is 11.6. The third kappa shape index (κ3) is 32.4. The number of fused-ring (bicyclic) bond motifs is 4. The normalized spacial score (nSPS) is 9.82. The van der Waals surface area contributed by atoms with Gasteiger partial charge in [-0.1, -0.05) is 50.0 Å². The molecule has 0 bridgehead atoms. The Bertz CT molecular complexity index is 3030. The Balaban J connectivity index is -0.000000232. The van der Waals surface area contributed by atoms with E-state index in [9.17, 15) is 19.8 Å². The van der Waals surface area contributed by atoms with Crippen molar-refractivity contribution in [2.75, 3.05) is 39.4 Å². The Morgan fingerprint density at radius 2 is 0.821 bits per heavy atom. The van der Waals surface area contributed by atoms with Crippen molar-refractivity contribution in [2.24, 2.45) is 11.5 Å². The van der Waals surface area contributed by atoms with E-state index in [1.165, 1.54) is 17.4 Å². The molecule has 0 saturated heterocycles. The molecule has 0 aliphatic heterocycles. The third-order valence-corrected chi connectivity index (χ3v) is 10.6. The molecule has 0 spiro atoms. The second-order valence-corrected chi connectivity index (χ2v) is 19.3. The van der Waals surface area contributed by atoms with Gasteiger partial charge in [0.1, 0.15) is 34.2 Å². The molecule has 0 unspecified atom stereocenters. The minimum Gasteiger partial charge on any atom is -1.00 e. The van der Waals surface area contributed by atoms with Gasteiger partial charge in [0.25, 0.3) is 6.47 Å². The minimum absolute atomic E-state index is 0. The summed E-state index contributed by atoms with van der Waals surface area (Å²) >= 11 is 0. The molecule has 0 fully saturated rings. The van der Waals surface area contributed by atoms with Crippen molar-refractivity contribution >= 4 is 74.7 Å². The summed E-state index contributed by atoms with van der Waals surface area (Å²) in [7, 11) is 0. The predicted octanol–water partition coefficient (Wildman–Crippen LogP) is 6.95. The van der Waals surface area contributed by atoms with Crippen LogP contribution in [0.5, 0.6) is 23.0 Å². The summed E-state index contributed by atoms with van der Waals surface area (Å²) < 4.78 is 21.4. The van der Waals surface area contributed by atoms with E-state index >= 15 is 0 Å². The smallest absolute Gasteiger partial charge is 1.00 e. The molecule has 0 aliphatic rings. The largest absolute Gasteiger partial charge is 1.00 e. The summed E-state index contributed by atoms with van der Waals surface area (Å²) in [6.07, 6.45) is 11.4. The number of hydrogen-bond acceptors (Lipinski definition) is 13. The van der Waals surface area contributed by atoms with Gasteiger partial charge in [-0.05, 0) is 189 Å². The molecular formula is C62H99ClK2N8O11. The number of aromatic hydroxyl groups is 2. The van der Waals surface area contributed by atoms with Crippen molar-refractivity contribution in [3.05, 3.63) is 120 Å². The molecular weight excluding hydrogens is 1150 g/mol. The number of nitrogens with one attached hydrogen (secondary N) is 6. The molecule has 0 atom stereocenters. The monoisotopic (exact) mass is 1240 g/mol. The second-order valence-electron chi connectivity index (χ2n) is 19.3. The van der Waals surface area contributed by atoms with E-state index in [1.807, 2.05) is 123 Å². The average molecular weight is 1250 g/mol. The molecule has 462 valence electrons. The van der Waals surface area contributed by atoms with Crippen LogP contribution in [-0.2, 0) is 44.8 Å². The molecule has 22 heteroatoms. The number of rotatable bonds is 15.